The largest absolute Gasteiger partial charge is 0.374 e. The lowest BCUT2D eigenvalue weighted by Gasteiger charge is -2.49. The first-order valence-corrected chi connectivity index (χ1v) is 24.8. The van der Waals surface area contributed by atoms with Crippen LogP contribution in [0.2, 0.25) is 0 Å². The van der Waals surface area contributed by atoms with E-state index in [-0.39, 0.29) is 46.2 Å². The number of ether oxygens (including phenoxy) is 10. The van der Waals surface area contributed by atoms with Gasteiger partial charge in [0.15, 0.2) is 12.6 Å². The van der Waals surface area contributed by atoms with Crippen LogP contribution < -0.4 is 0 Å². The van der Waals surface area contributed by atoms with Gasteiger partial charge in [0, 0.05) is 0 Å². The van der Waals surface area contributed by atoms with Crippen molar-refractivity contribution in [3.05, 3.63) is 251 Å². The average Bonchev–Trinajstić information content (AvgIpc) is 3.43. The van der Waals surface area contributed by atoms with Crippen molar-refractivity contribution in [3.63, 3.8) is 0 Å². The fourth-order valence-electron chi connectivity index (χ4n) is 8.98. The van der Waals surface area contributed by atoms with Gasteiger partial charge in [0.1, 0.15) is 48.8 Å². The van der Waals surface area contributed by atoms with Gasteiger partial charge in [-0.3, -0.25) is 0 Å². The summed E-state index contributed by atoms with van der Waals surface area (Å²) in [4.78, 5) is 0. The minimum absolute atomic E-state index is 0.0999. The van der Waals surface area contributed by atoms with Crippen molar-refractivity contribution in [3.8, 4) is 0 Å². The molecule has 0 saturated carbocycles. The van der Waals surface area contributed by atoms with Crippen molar-refractivity contribution in [2.45, 2.75) is 108 Å². The molecule has 11 nitrogen and oxygen atoms in total. The van der Waals surface area contributed by atoms with Gasteiger partial charge < -0.3 is 52.5 Å². The Hall–Kier alpha value is -5.90. The zero-order chi connectivity index (χ0) is 49.0. The van der Waals surface area contributed by atoms with Gasteiger partial charge in [0.25, 0.3) is 0 Å². The second-order valence-corrected chi connectivity index (χ2v) is 18.0. The highest BCUT2D eigenvalue weighted by Gasteiger charge is 2.54. The second kappa shape index (κ2) is 27.2. The highest BCUT2D eigenvalue weighted by Crippen LogP contribution is 2.36. The van der Waals surface area contributed by atoms with E-state index in [9.17, 15) is 5.11 Å². The van der Waals surface area contributed by atoms with Crippen LogP contribution in [0.5, 0.6) is 0 Å². The molecular formula is C61H64O11. The molecule has 2 saturated heterocycles. The lowest BCUT2D eigenvalue weighted by molar-refractivity contribution is -0.379. The highest BCUT2D eigenvalue weighted by atomic mass is 16.8. The topological polar surface area (TPSA) is 113 Å². The lowest BCUT2D eigenvalue weighted by atomic mass is 9.96. The van der Waals surface area contributed by atoms with Gasteiger partial charge in [-0.15, -0.1) is 0 Å². The van der Waals surface area contributed by atoms with Crippen LogP contribution in [0.25, 0.3) is 0 Å². The van der Waals surface area contributed by atoms with Crippen LogP contribution in [0, 0.1) is 0 Å². The quantitative estimate of drug-likeness (QED) is 0.0591. The second-order valence-electron chi connectivity index (χ2n) is 18.0. The zero-order valence-electron chi connectivity index (χ0n) is 40.4. The van der Waals surface area contributed by atoms with Gasteiger partial charge in [0.05, 0.1) is 59.5 Å². The van der Waals surface area contributed by atoms with E-state index in [4.69, 9.17) is 47.4 Å². The van der Waals surface area contributed by atoms with Crippen LogP contribution in [-0.2, 0) is 93.6 Å². The Labute approximate surface area is 423 Å². The maximum absolute atomic E-state index is 12.3. The van der Waals surface area contributed by atoms with E-state index < -0.39 is 61.4 Å². The normalized spacial score (nSPS) is 24.2. The molecule has 374 valence electrons. The Balaban J connectivity index is 1.07. The van der Waals surface area contributed by atoms with Gasteiger partial charge in [0.2, 0.25) is 0 Å². The third kappa shape index (κ3) is 14.8. The van der Waals surface area contributed by atoms with Crippen molar-refractivity contribution in [1.29, 1.82) is 0 Å². The Morgan fingerprint density at radius 2 is 0.556 bits per heavy atom. The van der Waals surface area contributed by atoms with Crippen LogP contribution in [0.3, 0.4) is 0 Å². The lowest BCUT2D eigenvalue weighted by Crippen LogP contribution is -2.66. The molecule has 0 bridgehead atoms. The van der Waals surface area contributed by atoms with Crippen molar-refractivity contribution in [2.75, 3.05) is 13.2 Å². The fourth-order valence-corrected chi connectivity index (χ4v) is 8.98. The minimum atomic E-state index is -1.52. The van der Waals surface area contributed by atoms with Crippen LogP contribution in [0.4, 0.5) is 0 Å². The molecule has 0 spiro atoms. The van der Waals surface area contributed by atoms with E-state index in [1.807, 2.05) is 212 Å². The Kier molecular flexibility index (Phi) is 19.3. The molecule has 9 rings (SSSR count). The zero-order valence-corrected chi connectivity index (χ0v) is 40.4. The standard InChI is InChI=1S/C61H64O11/c62-60-58(56(67-40-49-30-16-5-17-31-49)54(65-38-47-26-12-3-13-27-47)52(70-60)43-63-36-45-22-8-1-9-23-45)72-61-59(69-42-51-34-20-7-21-35-51)57(68-41-50-32-18-6-19-33-50)55(66-39-48-28-14-4-15-29-48)53(71-61)44-64-37-46-24-10-2-11-25-46/h1-35,52-62H,36-44H2/t52?,53?,54-,55+,56-,57-,58?,59?,60-,61-/m1/s1. The number of benzene rings is 7. The first kappa shape index (κ1) is 51.0. The summed E-state index contributed by atoms with van der Waals surface area (Å²) in [7, 11) is 0. The third-order valence-electron chi connectivity index (χ3n) is 12.7. The molecule has 10 atom stereocenters. The molecule has 2 heterocycles. The molecule has 0 aliphatic carbocycles. The van der Waals surface area contributed by atoms with Gasteiger partial charge >= 0.3 is 0 Å². The van der Waals surface area contributed by atoms with Crippen molar-refractivity contribution < 1.29 is 52.5 Å². The number of hydrogen-bond acceptors (Lipinski definition) is 11. The summed E-state index contributed by atoms with van der Waals surface area (Å²) in [5.41, 5.74) is 6.77. The highest BCUT2D eigenvalue weighted by molar-refractivity contribution is 5.19. The molecule has 2 fully saturated rings. The van der Waals surface area contributed by atoms with Crippen molar-refractivity contribution in [2.24, 2.45) is 0 Å². The van der Waals surface area contributed by atoms with E-state index >= 15 is 0 Å². The predicted molar refractivity (Wildman–Crippen MR) is 272 cm³/mol. The third-order valence-corrected chi connectivity index (χ3v) is 12.7. The fraction of sp³-hybridized carbons (Fsp3) is 0.311. The Morgan fingerprint density at radius 1 is 0.292 bits per heavy atom. The predicted octanol–water partition coefficient (Wildman–Crippen LogP) is 10.2. The van der Waals surface area contributed by atoms with Crippen LogP contribution >= 0.6 is 0 Å². The summed E-state index contributed by atoms with van der Waals surface area (Å²) in [6.45, 7) is 2.01. The van der Waals surface area contributed by atoms with Crippen LogP contribution in [-0.4, -0.2) is 79.7 Å². The summed E-state index contributed by atoms with van der Waals surface area (Å²) in [6, 6.07) is 69.6. The first-order chi connectivity index (χ1) is 35.6. The van der Waals surface area contributed by atoms with E-state index in [0.717, 1.165) is 38.9 Å². The molecule has 2 aliphatic heterocycles. The van der Waals surface area contributed by atoms with E-state index in [1.54, 1.807) is 0 Å². The van der Waals surface area contributed by atoms with E-state index in [1.165, 1.54) is 0 Å². The van der Waals surface area contributed by atoms with Gasteiger partial charge in [-0.25, -0.2) is 0 Å². The molecule has 4 unspecified atom stereocenters. The number of aliphatic hydroxyl groups is 1. The molecule has 7 aromatic carbocycles. The molecule has 11 heteroatoms. The monoisotopic (exact) mass is 972 g/mol. The molecule has 0 amide bonds. The van der Waals surface area contributed by atoms with E-state index in [0.29, 0.717) is 13.2 Å². The smallest absolute Gasteiger partial charge is 0.187 e. The van der Waals surface area contributed by atoms with Crippen LogP contribution in [0.15, 0.2) is 212 Å². The summed E-state index contributed by atoms with van der Waals surface area (Å²) < 4.78 is 68.3. The summed E-state index contributed by atoms with van der Waals surface area (Å²) >= 11 is 0. The SMILES string of the molecule is O[C@@H]1OC(COCc2ccccc2)[C@@H](OCc2ccccc2)[C@@H](OCc2ccccc2)C1O[C@H]1OC(COCc2ccccc2)[C@H](OCc2ccccc2)[C@@H](OCc2ccccc2)C1OCc1ccccc1. The molecular weight excluding hydrogens is 909 g/mol. The Morgan fingerprint density at radius 3 is 0.889 bits per heavy atom. The van der Waals surface area contributed by atoms with Crippen molar-refractivity contribution >= 4 is 0 Å². The molecule has 72 heavy (non-hydrogen) atoms. The van der Waals surface area contributed by atoms with Gasteiger partial charge in [-0.2, -0.15) is 0 Å². The minimum Gasteiger partial charge on any atom is -0.374 e. The maximum atomic E-state index is 12.3. The van der Waals surface area contributed by atoms with Gasteiger partial charge in [-0.1, -0.05) is 212 Å². The molecule has 0 aromatic heterocycles. The number of hydrogen-bond donors (Lipinski definition) is 1. The average molecular weight is 973 g/mol. The number of aliphatic hydroxyl groups excluding tert-OH is 1. The maximum Gasteiger partial charge on any atom is 0.187 e. The van der Waals surface area contributed by atoms with Gasteiger partial charge in [-0.05, 0) is 38.9 Å². The number of rotatable bonds is 25. The first-order valence-electron chi connectivity index (χ1n) is 24.8. The van der Waals surface area contributed by atoms with Crippen molar-refractivity contribution in [1.82, 2.24) is 0 Å². The molecule has 2 aliphatic rings. The summed E-state index contributed by atoms with van der Waals surface area (Å²) in [5, 5.41) is 12.3. The summed E-state index contributed by atoms with van der Waals surface area (Å²) in [5.74, 6) is 0. The molecule has 1 N–H and O–H groups in total. The van der Waals surface area contributed by atoms with Crippen LogP contribution in [0.1, 0.15) is 38.9 Å². The summed E-state index contributed by atoms with van der Waals surface area (Å²) in [6.07, 6.45) is -9.48. The molecule has 0 radical (unpaired) electrons. The van der Waals surface area contributed by atoms with E-state index in [2.05, 4.69) is 0 Å². The Bertz CT molecular complexity index is 2550. The molecule has 7 aromatic rings.